The molecule has 132 valence electrons. The minimum atomic E-state index is -2.18. The van der Waals surface area contributed by atoms with E-state index in [1.54, 1.807) is 6.92 Å². The molecular formula is C23H25NOSi. The molecule has 0 saturated carbocycles. The first-order valence-electron chi connectivity index (χ1n) is 9.06. The second kappa shape index (κ2) is 8.63. The average Bonchev–Trinajstić information content (AvgIpc) is 2.63. The molecule has 0 unspecified atom stereocenters. The van der Waals surface area contributed by atoms with E-state index in [9.17, 15) is 4.79 Å². The van der Waals surface area contributed by atoms with E-state index < -0.39 is 8.24 Å². The first-order valence-corrected chi connectivity index (χ1v) is 11.7. The maximum Gasteiger partial charge on any atom is 0.209 e. The fourth-order valence-corrected chi connectivity index (χ4v) is 8.09. The van der Waals surface area contributed by atoms with Crippen molar-refractivity contribution in [2.24, 2.45) is 0 Å². The highest BCUT2D eigenvalue weighted by atomic mass is 28.3. The molecule has 0 atom stereocenters. The van der Waals surface area contributed by atoms with Gasteiger partial charge in [0.15, 0.2) is 8.24 Å². The Labute approximate surface area is 157 Å². The second-order valence-corrected chi connectivity index (χ2v) is 10.8. The van der Waals surface area contributed by atoms with Crippen molar-refractivity contribution in [1.82, 2.24) is 4.98 Å². The van der Waals surface area contributed by atoms with E-state index in [0.717, 1.165) is 18.1 Å². The molecule has 0 radical (unpaired) electrons. The Kier molecular flexibility index (Phi) is 6.02. The molecule has 0 aliphatic carbocycles. The molecule has 0 aliphatic rings. The maximum absolute atomic E-state index is 12.2. The predicted molar refractivity (Wildman–Crippen MR) is 110 cm³/mol. The molecule has 1 amide bonds. The van der Waals surface area contributed by atoms with E-state index in [1.807, 2.05) is 18.2 Å². The van der Waals surface area contributed by atoms with Crippen molar-refractivity contribution >= 4 is 14.1 Å². The monoisotopic (exact) mass is 359 g/mol. The Morgan fingerprint density at radius 3 is 1.23 bits per heavy atom. The number of hydrogen-bond donors (Lipinski definition) is 1. The van der Waals surface area contributed by atoms with Crippen molar-refractivity contribution in [3.63, 3.8) is 0 Å². The van der Waals surface area contributed by atoms with Gasteiger partial charge < -0.3 is 4.98 Å². The van der Waals surface area contributed by atoms with Gasteiger partial charge in [-0.2, -0.15) is 0 Å². The minimum Gasteiger partial charge on any atom is -0.381 e. The number of rotatable bonds is 7. The van der Waals surface area contributed by atoms with Crippen LogP contribution in [-0.2, 0) is 22.9 Å². The first kappa shape index (κ1) is 18.1. The molecule has 0 bridgehead atoms. The summed E-state index contributed by atoms with van der Waals surface area (Å²) >= 11 is 0. The number of carbonyl (C=O) groups is 1. The maximum atomic E-state index is 12.2. The van der Waals surface area contributed by atoms with Crippen LogP contribution in [0.25, 0.3) is 0 Å². The third kappa shape index (κ3) is 5.17. The van der Waals surface area contributed by atoms with Crippen molar-refractivity contribution in [3.8, 4) is 0 Å². The molecule has 0 saturated heterocycles. The highest BCUT2D eigenvalue weighted by molar-refractivity contribution is 6.78. The van der Waals surface area contributed by atoms with Crippen LogP contribution in [0.15, 0.2) is 91.0 Å². The lowest BCUT2D eigenvalue weighted by atomic mass is 10.2. The highest BCUT2D eigenvalue weighted by Crippen LogP contribution is 2.20. The van der Waals surface area contributed by atoms with Crippen LogP contribution < -0.4 is 4.98 Å². The SMILES string of the molecule is CC(=O)N[Si](Cc1ccccc1)(Cc1ccccc1)Cc1ccccc1. The Hall–Kier alpha value is -2.65. The highest BCUT2D eigenvalue weighted by Gasteiger charge is 2.35. The lowest BCUT2D eigenvalue weighted by Crippen LogP contribution is -2.59. The van der Waals surface area contributed by atoms with Gasteiger partial charge in [0.1, 0.15) is 0 Å². The molecule has 3 aromatic rings. The van der Waals surface area contributed by atoms with E-state index in [0.29, 0.717) is 0 Å². The van der Waals surface area contributed by atoms with E-state index in [1.165, 1.54) is 16.7 Å². The topological polar surface area (TPSA) is 29.1 Å². The lowest BCUT2D eigenvalue weighted by molar-refractivity contribution is -0.117. The molecule has 0 fully saturated rings. The Bertz CT molecular complexity index is 717. The quantitative estimate of drug-likeness (QED) is 0.622. The van der Waals surface area contributed by atoms with Gasteiger partial charge in [-0.1, -0.05) is 91.0 Å². The minimum absolute atomic E-state index is 0.0689. The van der Waals surface area contributed by atoms with E-state index in [4.69, 9.17) is 0 Å². The molecule has 0 aromatic heterocycles. The summed E-state index contributed by atoms with van der Waals surface area (Å²) in [5.41, 5.74) is 3.87. The summed E-state index contributed by atoms with van der Waals surface area (Å²) in [7, 11) is -2.18. The van der Waals surface area contributed by atoms with Crippen molar-refractivity contribution in [2.45, 2.75) is 25.1 Å². The molecule has 0 aliphatic heterocycles. The Morgan fingerprint density at radius 2 is 0.962 bits per heavy atom. The van der Waals surface area contributed by atoms with Crippen molar-refractivity contribution < 1.29 is 4.79 Å². The van der Waals surface area contributed by atoms with Crippen LogP contribution in [-0.4, -0.2) is 14.1 Å². The molecule has 1 N–H and O–H groups in total. The van der Waals surface area contributed by atoms with Crippen molar-refractivity contribution in [3.05, 3.63) is 108 Å². The summed E-state index contributed by atoms with van der Waals surface area (Å²) in [6.45, 7) is 1.64. The van der Waals surface area contributed by atoms with Crippen molar-refractivity contribution in [1.29, 1.82) is 0 Å². The fourth-order valence-electron chi connectivity index (χ4n) is 3.65. The van der Waals surface area contributed by atoms with Crippen LogP contribution in [0.4, 0.5) is 0 Å². The van der Waals surface area contributed by atoms with Gasteiger partial charge in [0.05, 0.1) is 0 Å². The molecule has 3 heteroatoms. The number of benzene rings is 3. The number of amides is 1. The van der Waals surface area contributed by atoms with Gasteiger partial charge in [-0.3, -0.25) is 4.79 Å². The smallest absolute Gasteiger partial charge is 0.209 e. The van der Waals surface area contributed by atoms with Crippen LogP contribution in [0, 0.1) is 0 Å². The van der Waals surface area contributed by atoms with Gasteiger partial charge >= 0.3 is 0 Å². The Balaban J connectivity index is 1.98. The van der Waals surface area contributed by atoms with Gasteiger partial charge in [-0.05, 0) is 34.8 Å². The van der Waals surface area contributed by atoms with Gasteiger partial charge in [0.2, 0.25) is 5.91 Å². The second-order valence-electron chi connectivity index (χ2n) is 6.95. The number of nitrogens with one attached hydrogen (secondary N) is 1. The fraction of sp³-hybridized carbons (Fsp3) is 0.174. The lowest BCUT2D eigenvalue weighted by Gasteiger charge is -2.33. The molecule has 3 aromatic carbocycles. The molecule has 0 heterocycles. The first-order chi connectivity index (χ1) is 12.7. The van der Waals surface area contributed by atoms with Crippen LogP contribution in [0.1, 0.15) is 23.6 Å². The summed E-state index contributed by atoms with van der Waals surface area (Å²) in [6, 6.07) is 34.4. The van der Waals surface area contributed by atoms with Crippen LogP contribution >= 0.6 is 0 Å². The molecule has 0 spiro atoms. The summed E-state index contributed by atoms with van der Waals surface area (Å²) in [6.07, 6.45) is 0. The molecule has 26 heavy (non-hydrogen) atoms. The van der Waals surface area contributed by atoms with E-state index in [-0.39, 0.29) is 5.91 Å². The Morgan fingerprint density at radius 1 is 0.654 bits per heavy atom. The molecule has 2 nitrogen and oxygen atoms in total. The molecule has 3 rings (SSSR count). The largest absolute Gasteiger partial charge is 0.381 e. The zero-order chi connectivity index (χ0) is 18.2. The molecular weight excluding hydrogens is 334 g/mol. The number of carbonyl (C=O) groups excluding carboxylic acids is 1. The standard InChI is InChI=1S/C23H25NOSi/c1-20(25)24-26(17-21-11-5-2-6-12-21,18-22-13-7-3-8-14-22)19-23-15-9-4-10-16-23/h2-16H,17-19H2,1H3,(H,24,25). The van der Waals surface area contributed by atoms with Gasteiger partial charge in [0.25, 0.3) is 0 Å². The number of hydrogen-bond acceptors (Lipinski definition) is 1. The average molecular weight is 360 g/mol. The van der Waals surface area contributed by atoms with Crippen LogP contribution in [0.3, 0.4) is 0 Å². The summed E-state index contributed by atoms with van der Waals surface area (Å²) in [5.74, 6) is 0.0689. The summed E-state index contributed by atoms with van der Waals surface area (Å²) in [5, 5.41) is 0. The van der Waals surface area contributed by atoms with Gasteiger partial charge in [0, 0.05) is 6.92 Å². The van der Waals surface area contributed by atoms with E-state index >= 15 is 0 Å². The third-order valence-corrected chi connectivity index (χ3v) is 8.73. The third-order valence-electron chi connectivity index (χ3n) is 4.60. The van der Waals surface area contributed by atoms with Crippen LogP contribution in [0.5, 0.6) is 0 Å². The van der Waals surface area contributed by atoms with Gasteiger partial charge in [-0.15, -0.1) is 0 Å². The summed E-state index contributed by atoms with van der Waals surface area (Å²) in [4.78, 5) is 15.6. The van der Waals surface area contributed by atoms with Crippen molar-refractivity contribution in [2.75, 3.05) is 0 Å². The predicted octanol–water partition coefficient (Wildman–Crippen LogP) is 4.41. The van der Waals surface area contributed by atoms with Gasteiger partial charge in [-0.25, -0.2) is 0 Å². The van der Waals surface area contributed by atoms with Crippen LogP contribution in [0.2, 0.25) is 0 Å². The summed E-state index contributed by atoms with van der Waals surface area (Å²) < 4.78 is 0. The zero-order valence-electron chi connectivity index (χ0n) is 15.2. The van der Waals surface area contributed by atoms with E-state index in [2.05, 4.69) is 77.8 Å². The normalized spacial score (nSPS) is 11.1. The zero-order valence-corrected chi connectivity index (χ0v) is 16.2.